The number of anilines is 1. The van der Waals surface area contributed by atoms with Crippen LogP contribution in [0.5, 0.6) is 0 Å². The molecular formula is C16H12N2O3S. The summed E-state index contributed by atoms with van der Waals surface area (Å²) in [5.41, 5.74) is 0.547. The minimum Gasteiger partial charge on any atom is -0.478 e. The zero-order valence-corrected chi connectivity index (χ0v) is 12.5. The fourth-order valence-electron chi connectivity index (χ4n) is 1.72. The molecule has 0 aliphatic carbocycles. The SMILES string of the molecule is Cc1ccc(C=C(C#N)C(=O)Nc2ccc(C(=O)O)cc2)s1. The second-order valence-corrected chi connectivity index (χ2v) is 5.77. The highest BCUT2D eigenvalue weighted by Gasteiger charge is 2.10. The molecule has 5 nitrogen and oxygen atoms in total. The largest absolute Gasteiger partial charge is 0.478 e. The summed E-state index contributed by atoms with van der Waals surface area (Å²) in [7, 11) is 0. The standard InChI is InChI=1S/C16H12N2O3S/c1-10-2-7-14(22-10)8-12(9-17)15(19)18-13-5-3-11(4-6-13)16(20)21/h2-8H,1H3,(H,18,19)(H,20,21). The molecule has 0 aliphatic rings. The van der Waals surface area contributed by atoms with Crippen LogP contribution in [0.15, 0.2) is 42.0 Å². The minimum absolute atomic E-state index is 0.0100. The van der Waals surface area contributed by atoms with Gasteiger partial charge in [0.1, 0.15) is 11.6 Å². The number of hydrogen-bond acceptors (Lipinski definition) is 4. The van der Waals surface area contributed by atoms with E-state index >= 15 is 0 Å². The molecule has 0 aliphatic heterocycles. The van der Waals surface area contributed by atoms with Gasteiger partial charge in [-0.3, -0.25) is 4.79 Å². The van der Waals surface area contributed by atoms with E-state index in [-0.39, 0.29) is 11.1 Å². The zero-order valence-electron chi connectivity index (χ0n) is 11.7. The van der Waals surface area contributed by atoms with E-state index in [4.69, 9.17) is 10.4 Å². The number of nitriles is 1. The summed E-state index contributed by atoms with van der Waals surface area (Å²) in [6, 6.07) is 11.3. The summed E-state index contributed by atoms with van der Waals surface area (Å²) in [4.78, 5) is 24.7. The number of carbonyl (C=O) groups is 2. The van der Waals surface area contributed by atoms with Crippen molar-refractivity contribution >= 4 is 35.0 Å². The third kappa shape index (κ3) is 3.81. The van der Waals surface area contributed by atoms with Crippen molar-refractivity contribution in [3.05, 3.63) is 57.3 Å². The lowest BCUT2D eigenvalue weighted by Crippen LogP contribution is -2.13. The number of aromatic carboxylic acids is 1. The Hall–Kier alpha value is -2.91. The molecule has 1 heterocycles. The van der Waals surface area contributed by atoms with Gasteiger partial charge in [0, 0.05) is 15.4 Å². The maximum absolute atomic E-state index is 12.1. The number of rotatable bonds is 4. The van der Waals surface area contributed by atoms with Crippen LogP contribution in [-0.2, 0) is 4.79 Å². The smallest absolute Gasteiger partial charge is 0.335 e. The number of thiophene rings is 1. The van der Waals surface area contributed by atoms with Gasteiger partial charge in [-0.25, -0.2) is 4.79 Å². The molecule has 0 spiro atoms. The van der Waals surface area contributed by atoms with Crippen molar-refractivity contribution in [2.24, 2.45) is 0 Å². The molecule has 110 valence electrons. The highest BCUT2D eigenvalue weighted by atomic mass is 32.1. The normalized spacial score (nSPS) is 10.8. The number of carbonyl (C=O) groups excluding carboxylic acids is 1. The summed E-state index contributed by atoms with van der Waals surface area (Å²) < 4.78 is 0. The molecule has 0 radical (unpaired) electrons. The summed E-state index contributed by atoms with van der Waals surface area (Å²) >= 11 is 1.49. The first kappa shape index (κ1) is 15.5. The summed E-state index contributed by atoms with van der Waals surface area (Å²) in [5.74, 6) is -1.57. The van der Waals surface area contributed by atoms with Crippen LogP contribution < -0.4 is 5.32 Å². The van der Waals surface area contributed by atoms with Gasteiger partial charge in [0.25, 0.3) is 5.91 Å². The van der Waals surface area contributed by atoms with Crippen LogP contribution in [0, 0.1) is 18.3 Å². The van der Waals surface area contributed by atoms with E-state index in [9.17, 15) is 9.59 Å². The van der Waals surface area contributed by atoms with Gasteiger partial charge >= 0.3 is 5.97 Å². The number of carboxylic acid groups (broad SMARTS) is 1. The Balaban J connectivity index is 2.14. The molecule has 6 heteroatoms. The van der Waals surface area contributed by atoms with E-state index in [1.54, 1.807) is 0 Å². The maximum atomic E-state index is 12.1. The number of nitrogens with zero attached hydrogens (tertiary/aromatic N) is 1. The van der Waals surface area contributed by atoms with Crippen LogP contribution in [0.3, 0.4) is 0 Å². The topological polar surface area (TPSA) is 90.2 Å². The van der Waals surface area contributed by atoms with Crippen molar-refractivity contribution in [1.29, 1.82) is 5.26 Å². The van der Waals surface area contributed by atoms with Gasteiger partial charge in [0.2, 0.25) is 0 Å². The number of nitrogens with one attached hydrogen (secondary N) is 1. The van der Waals surface area contributed by atoms with Gasteiger partial charge in [0.05, 0.1) is 5.56 Å². The predicted octanol–water partition coefficient (Wildman–Crippen LogP) is 3.30. The van der Waals surface area contributed by atoms with Crippen LogP contribution in [0.4, 0.5) is 5.69 Å². The monoisotopic (exact) mass is 312 g/mol. The fourth-order valence-corrected chi connectivity index (χ4v) is 2.54. The van der Waals surface area contributed by atoms with Crippen molar-refractivity contribution in [2.45, 2.75) is 6.92 Å². The van der Waals surface area contributed by atoms with Crippen molar-refractivity contribution in [3.8, 4) is 6.07 Å². The molecule has 1 aromatic carbocycles. The lowest BCUT2D eigenvalue weighted by Gasteiger charge is -2.04. The second kappa shape index (κ2) is 6.70. The summed E-state index contributed by atoms with van der Waals surface area (Å²) in [6.45, 7) is 1.94. The molecule has 2 aromatic rings. The van der Waals surface area contributed by atoms with Gasteiger partial charge in [-0.1, -0.05) is 0 Å². The molecule has 0 unspecified atom stereocenters. The summed E-state index contributed by atoms with van der Waals surface area (Å²) in [6.07, 6.45) is 1.53. The Morgan fingerprint density at radius 1 is 1.23 bits per heavy atom. The highest BCUT2D eigenvalue weighted by molar-refractivity contribution is 7.12. The molecule has 22 heavy (non-hydrogen) atoms. The van der Waals surface area contributed by atoms with Crippen LogP contribution in [0.25, 0.3) is 6.08 Å². The van der Waals surface area contributed by atoms with Crippen molar-refractivity contribution in [1.82, 2.24) is 0 Å². The Kier molecular flexibility index (Phi) is 4.71. The first-order chi connectivity index (χ1) is 10.5. The van der Waals surface area contributed by atoms with E-state index < -0.39 is 11.9 Å². The quantitative estimate of drug-likeness (QED) is 0.669. The van der Waals surface area contributed by atoms with Crippen LogP contribution in [0.1, 0.15) is 20.1 Å². The molecule has 2 rings (SSSR count). The highest BCUT2D eigenvalue weighted by Crippen LogP contribution is 2.19. The van der Waals surface area contributed by atoms with Gasteiger partial charge in [0.15, 0.2) is 0 Å². The Morgan fingerprint density at radius 2 is 1.91 bits per heavy atom. The lowest BCUT2D eigenvalue weighted by atomic mass is 10.2. The number of hydrogen-bond donors (Lipinski definition) is 2. The first-order valence-electron chi connectivity index (χ1n) is 6.32. The van der Waals surface area contributed by atoms with E-state index in [1.807, 2.05) is 25.1 Å². The first-order valence-corrected chi connectivity index (χ1v) is 7.14. The molecule has 0 saturated carbocycles. The van der Waals surface area contributed by atoms with Crippen LogP contribution >= 0.6 is 11.3 Å². The number of carboxylic acids is 1. The Bertz CT molecular complexity index is 782. The van der Waals surface area contributed by atoms with Gasteiger partial charge in [-0.2, -0.15) is 5.26 Å². The van der Waals surface area contributed by atoms with Crippen molar-refractivity contribution < 1.29 is 14.7 Å². The van der Waals surface area contributed by atoms with E-state index in [1.165, 1.54) is 41.7 Å². The maximum Gasteiger partial charge on any atom is 0.335 e. The van der Waals surface area contributed by atoms with E-state index in [2.05, 4.69) is 5.32 Å². The molecule has 0 fully saturated rings. The number of benzene rings is 1. The van der Waals surface area contributed by atoms with Gasteiger partial charge < -0.3 is 10.4 Å². The minimum atomic E-state index is -1.04. The third-order valence-corrected chi connectivity index (χ3v) is 3.75. The van der Waals surface area contributed by atoms with Crippen molar-refractivity contribution in [3.63, 3.8) is 0 Å². The summed E-state index contributed by atoms with van der Waals surface area (Å²) in [5, 5.41) is 20.5. The van der Waals surface area contributed by atoms with E-state index in [0.717, 1.165) is 9.75 Å². The molecule has 1 aromatic heterocycles. The number of amides is 1. The van der Waals surface area contributed by atoms with Crippen molar-refractivity contribution in [2.75, 3.05) is 5.32 Å². The molecule has 0 saturated heterocycles. The molecular weight excluding hydrogens is 300 g/mol. The second-order valence-electron chi connectivity index (χ2n) is 4.45. The molecule has 1 amide bonds. The van der Waals surface area contributed by atoms with E-state index in [0.29, 0.717) is 5.69 Å². The average molecular weight is 312 g/mol. The zero-order chi connectivity index (χ0) is 16.1. The van der Waals surface area contributed by atoms with Crippen LogP contribution in [-0.4, -0.2) is 17.0 Å². The average Bonchev–Trinajstić information content (AvgIpc) is 2.90. The van der Waals surface area contributed by atoms with Crippen LogP contribution in [0.2, 0.25) is 0 Å². The predicted molar refractivity (Wildman–Crippen MR) is 84.7 cm³/mol. The molecule has 2 N–H and O–H groups in total. The Labute approximate surface area is 131 Å². The Morgan fingerprint density at radius 3 is 2.41 bits per heavy atom. The molecule has 0 bridgehead atoms. The third-order valence-electron chi connectivity index (χ3n) is 2.80. The van der Waals surface area contributed by atoms with Gasteiger partial charge in [-0.05, 0) is 49.4 Å². The lowest BCUT2D eigenvalue weighted by molar-refractivity contribution is -0.112. The van der Waals surface area contributed by atoms with Gasteiger partial charge in [-0.15, -0.1) is 11.3 Å². The fraction of sp³-hybridized carbons (Fsp3) is 0.0625. The molecule has 0 atom stereocenters. The number of aryl methyl sites for hydroxylation is 1.